The summed E-state index contributed by atoms with van der Waals surface area (Å²) in [7, 11) is 1.88. The zero-order valence-electron chi connectivity index (χ0n) is 8.27. The molecule has 0 aliphatic carbocycles. The average molecular weight is 191 g/mol. The minimum atomic E-state index is -0.238. The first-order valence-corrected chi connectivity index (χ1v) is 4.47. The van der Waals surface area contributed by atoms with Crippen molar-refractivity contribution in [3.05, 3.63) is 41.6 Å². The van der Waals surface area contributed by atoms with Gasteiger partial charge in [-0.2, -0.15) is 5.10 Å². The van der Waals surface area contributed by atoms with Gasteiger partial charge in [-0.05, 0) is 24.6 Å². The van der Waals surface area contributed by atoms with Crippen LogP contribution in [-0.4, -0.2) is 9.78 Å². The molecule has 0 bridgehead atoms. The van der Waals surface area contributed by atoms with Crippen LogP contribution in [0.4, 0.5) is 0 Å². The first-order valence-electron chi connectivity index (χ1n) is 4.47. The van der Waals surface area contributed by atoms with Crippen LogP contribution >= 0.6 is 0 Å². The lowest BCUT2D eigenvalue weighted by atomic mass is 10.1. The molecule has 2 aromatic heterocycles. The molecule has 0 aliphatic rings. The Balaban J connectivity index is 2.41. The normalized spacial score (nSPS) is 13.1. The van der Waals surface area contributed by atoms with Gasteiger partial charge in [-0.15, -0.1) is 0 Å². The highest BCUT2D eigenvalue weighted by Gasteiger charge is 2.17. The van der Waals surface area contributed by atoms with Gasteiger partial charge in [0.2, 0.25) is 0 Å². The lowest BCUT2D eigenvalue weighted by Crippen LogP contribution is -2.16. The first kappa shape index (κ1) is 9.02. The topological polar surface area (TPSA) is 57.0 Å². The van der Waals surface area contributed by atoms with Crippen molar-refractivity contribution in [1.82, 2.24) is 9.78 Å². The number of aryl methyl sites for hydroxylation is 2. The van der Waals surface area contributed by atoms with E-state index in [1.54, 1.807) is 17.1 Å². The molecule has 2 N–H and O–H groups in total. The molecule has 1 atom stereocenters. The standard InChI is InChI=1S/C10H13N3O/c1-7-6-12-13(2)10(7)9(11)8-4-3-5-14-8/h3-6,9H,11H2,1-2H3. The number of rotatable bonds is 2. The van der Waals surface area contributed by atoms with Crippen LogP contribution in [0, 0.1) is 6.92 Å². The molecule has 0 fully saturated rings. The second kappa shape index (κ2) is 3.31. The molecule has 0 aromatic carbocycles. The van der Waals surface area contributed by atoms with Gasteiger partial charge in [0.05, 0.1) is 18.2 Å². The number of nitrogens with zero attached hydrogens (tertiary/aromatic N) is 2. The largest absolute Gasteiger partial charge is 0.467 e. The van der Waals surface area contributed by atoms with Gasteiger partial charge in [0.1, 0.15) is 11.8 Å². The zero-order chi connectivity index (χ0) is 10.1. The van der Waals surface area contributed by atoms with Crippen LogP contribution in [0.2, 0.25) is 0 Å². The molecule has 74 valence electrons. The molecule has 1 unspecified atom stereocenters. The van der Waals surface area contributed by atoms with Gasteiger partial charge < -0.3 is 10.2 Å². The molecule has 0 aliphatic heterocycles. The fourth-order valence-electron chi connectivity index (χ4n) is 1.61. The van der Waals surface area contributed by atoms with Crippen molar-refractivity contribution in [2.45, 2.75) is 13.0 Å². The van der Waals surface area contributed by atoms with E-state index in [2.05, 4.69) is 5.10 Å². The van der Waals surface area contributed by atoms with Gasteiger partial charge in [-0.3, -0.25) is 4.68 Å². The molecule has 0 saturated carbocycles. The quantitative estimate of drug-likeness (QED) is 0.780. The third-order valence-corrected chi connectivity index (χ3v) is 2.32. The van der Waals surface area contributed by atoms with Crippen molar-refractivity contribution in [3.8, 4) is 0 Å². The Morgan fingerprint density at radius 1 is 1.57 bits per heavy atom. The molecule has 2 rings (SSSR count). The fourth-order valence-corrected chi connectivity index (χ4v) is 1.61. The monoisotopic (exact) mass is 191 g/mol. The Bertz CT molecular complexity index is 397. The van der Waals surface area contributed by atoms with Crippen LogP contribution in [-0.2, 0) is 7.05 Å². The van der Waals surface area contributed by atoms with E-state index in [9.17, 15) is 0 Å². The Labute approximate surface area is 82.3 Å². The van der Waals surface area contributed by atoms with Gasteiger partial charge in [0.15, 0.2) is 0 Å². The Hall–Kier alpha value is -1.55. The highest BCUT2D eigenvalue weighted by atomic mass is 16.3. The Kier molecular flexibility index (Phi) is 2.13. The maximum Gasteiger partial charge on any atom is 0.126 e. The number of nitrogens with two attached hydrogens (primary N) is 1. The van der Waals surface area contributed by atoms with Crippen LogP contribution in [0.15, 0.2) is 29.0 Å². The molecule has 4 heteroatoms. The molecule has 0 spiro atoms. The smallest absolute Gasteiger partial charge is 0.126 e. The van der Waals surface area contributed by atoms with Crippen molar-refractivity contribution in [3.63, 3.8) is 0 Å². The fraction of sp³-hybridized carbons (Fsp3) is 0.300. The maximum atomic E-state index is 6.05. The molecule has 0 radical (unpaired) electrons. The van der Waals surface area contributed by atoms with Crippen molar-refractivity contribution < 1.29 is 4.42 Å². The molecular formula is C10H13N3O. The van der Waals surface area contributed by atoms with E-state index in [4.69, 9.17) is 10.2 Å². The third kappa shape index (κ3) is 1.33. The number of furan rings is 1. The SMILES string of the molecule is Cc1cnn(C)c1C(N)c1ccco1. The van der Waals surface area contributed by atoms with Crippen molar-refractivity contribution in [2.24, 2.45) is 12.8 Å². The molecule has 2 heterocycles. The number of aromatic nitrogens is 2. The second-order valence-electron chi connectivity index (χ2n) is 3.33. The van der Waals surface area contributed by atoms with E-state index in [0.717, 1.165) is 17.0 Å². The lowest BCUT2D eigenvalue weighted by Gasteiger charge is -2.10. The van der Waals surface area contributed by atoms with E-state index in [-0.39, 0.29) is 6.04 Å². The van der Waals surface area contributed by atoms with Gasteiger partial charge in [-0.25, -0.2) is 0 Å². The summed E-state index contributed by atoms with van der Waals surface area (Å²) in [5.74, 6) is 0.761. The van der Waals surface area contributed by atoms with E-state index < -0.39 is 0 Å². The lowest BCUT2D eigenvalue weighted by molar-refractivity contribution is 0.478. The number of hydrogen-bond acceptors (Lipinski definition) is 3. The summed E-state index contributed by atoms with van der Waals surface area (Å²) in [6.07, 6.45) is 3.43. The van der Waals surface area contributed by atoms with Gasteiger partial charge >= 0.3 is 0 Å². The van der Waals surface area contributed by atoms with Gasteiger partial charge in [0.25, 0.3) is 0 Å². The predicted octanol–water partition coefficient (Wildman–Crippen LogP) is 1.37. The summed E-state index contributed by atoms with van der Waals surface area (Å²) in [4.78, 5) is 0. The predicted molar refractivity (Wildman–Crippen MR) is 52.7 cm³/mol. The minimum Gasteiger partial charge on any atom is -0.467 e. The molecule has 0 amide bonds. The summed E-state index contributed by atoms with van der Waals surface area (Å²) < 4.78 is 7.04. The molecule has 2 aromatic rings. The van der Waals surface area contributed by atoms with E-state index in [1.165, 1.54) is 0 Å². The molecule has 0 saturated heterocycles. The van der Waals surface area contributed by atoms with E-state index in [0.29, 0.717) is 0 Å². The highest BCUT2D eigenvalue weighted by molar-refractivity contribution is 5.25. The van der Waals surface area contributed by atoms with Crippen molar-refractivity contribution in [1.29, 1.82) is 0 Å². The summed E-state index contributed by atoms with van der Waals surface area (Å²) in [5.41, 5.74) is 8.12. The molecule has 4 nitrogen and oxygen atoms in total. The third-order valence-electron chi connectivity index (χ3n) is 2.32. The maximum absolute atomic E-state index is 6.05. The summed E-state index contributed by atoms with van der Waals surface area (Å²) in [6, 6.07) is 3.47. The summed E-state index contributed by atoms with van der Waals surface area (Å²) in [5, 5.41) is 4.14. The molecular weight excluding hydrogens is 178 g/mol. The van der Waals surface area contributed by atoms with Crippen LogP contribution in [0.1, 0.15) is 23.1 Å². The summed E-state index contributed by atoms with van der Waals surface area (Å²) >= 11 is 0. The minimum absolute atomic E-state index is 0.238. The Morgan fingerprint density at radius 2 is 2.36 bits per heavy atom. The van der Waals surface area contributed by atoms with E-state index >= 15 is 0 Å². The highest BCUT2D eigenvalue weighted by Crippen LogP contribution is 2.21. The van der Waals surface area contributed by atoms with Crippen LogP contribution in [0.3, 0.4) is 0 Å². The zero-order valence-corrected chi connectivity index (χ0v) is 8.27. The van der Waals surface area contributed by atoms with Crippen molar-refractivity contribution >= 4 is 0 Å². The first-order chi connectivity index (χ1) is 6.70. The van der Waals surface area contributed by atoms with Crippen LogP contribution in [0.25, 0.3) is 0 Å². The number of hydrogen-bond donors (Lipinski definition) is 1. The van der Waals surface area contributed by atoms with Crippen LogP contribution < -0.4 is 5.73 Å². The van der Waals surface area contributed by atoms with Gasteiger partial charge in [-0.1, -0.05) is 0 Å². The van der Waals surface area contributed by atoms with Crippen molar-refractivity contribution in [2.75, 3.05) is 0 Å². The molecule has 14 heavy (non-hydrogen) atoms. The van der Waals surface area contributed by atoms with Gasteiger partial charge in [0, 0.05) is 7.05 Å². The van der Waals surface area contributed by atoms with E-state index in [1.807, 2.05) is 26.1 Å². The second-order valence-corrected chi connectivity index (χ2v) is 3.33. The average Bonchev–Trinajstić information content (AvgIpc) is 2.75. The Morgan fingerprint density at radius 3 is 2.86 bits per heavy atom. The van der Waals surface area contributed by atoms with Crippen LogP contribution in [0.5, 0.6) is 0 Å². The summed E-state index contributed by atoms with van der Waals surface area (Å²) in [6.45, 7) is 1.99.